The third kappa shape index (κ3) is 6.47. The number of hydrogen-bond donors (Lipinski definition) is 1. The molecule has 1 saturated heterocycles. The van der Waals surface area contributed by atoms with Crippen molar-refractivity contribution in [2.75, 3.05) is 19.7 Å². The Labute approximate surface area is 203 Å². The van der Waals surface area contributed by atoms with Gasteiger partial charge in [0.05, 0.1) is 17.6 Å². The van der Waals surface area contributed by atoms with E-state index in [-0.39, 0.29) is 17.9 Å². The Morgan fingerprint density at radius 3 is 2.70 bits per heavy atom. The summed E-state index contributed by atoms with van der Waals surface area (Å²) < 4.78 is 11.1. The van der Waals surface area contributed by atoms with E-state index >= 15 is 0 Å². The number of carbonyl (C=O) groups is 1. The largest absolute Gasteiger partial charge is 0.491 e. The van der Waals surface area contributed by atoms with Crippen molar-refractivity contribution in [3.63, 3.8) is 0 Å². The Kier molecular flexibility index (Phi) is 7.85. The first kappa shape index (κ1) is 23.5. The third-order valence-corrected chi connectivity index (χ3v) is 6.14. The second kappa shape index (κ2) is 11.0. The second-order valence-corrected chi connectivity index (χ2v) is 9.06. The number of aromatic nitrogens is 2. The fourth-order valence-corrected chi connectivity index (χ4v) is 4.28. The van der Waals surface area contributed by atoms with Crippen molar-refractivity contribution in [1.29, 1.82) is 0 Å². The topological polar surface area (TPSA) is 80.5 Å². The number of nitrogens with one attached hydrogen (secondary N) is 1. The van der Waals surface area contributed by atoms with Crippen molar-refractivity contribution < 1.29 is 14.1 Å². The highest BCUT2D eigenvalue weighted by Gasteiger charge is 2.27. The van der Waals surface area contributed by atoms with Gasteiger partial charge in [-0.3, -0.25) is 9.69 Å². The minimum Gasteiger partial charge on any atom is -0.491 e. The summed E-state index contributed by atoms with van der Waals surface area (Å²) in [5.41, 5.74) is 0.678. The Bertz CT molecular complexity index is 1070. The van der Waals surface area contributed by atoms with Crippen LogP contribution in [0.1, 0.15) is 25.7 Å². The zero-order valence-electron chi connectivity index (χ0n) is 18.3. The zero-order valence-corrected chi connectivity index (χ0v) is 19.9. The molecule has 4 rings (SSSR count). The van der Waals surface area contributed by atoms with Gasteiger partial charge in [-0.1, -0.05) is 46.6 Å². The first-order valence-electron chi connectivity index (χ1n) is 11.0. The van der Waals surface area contributed by atoms with E-state index in [4.69, 9.17) is 32.5 Å². The Morgan fingerprint density at radius 1 is 1.21 bits per heavy atom. The maximum Gasteiger partial charge on any atom is 0.241 e. The fourth-order valence-electron chi connectivity index (χ4n) is 3.78. The molecule has 1 aliphatic heterocycles. The molecule has 7 nitrogen and oxygen atoms in total. The van der Waals surface area contributed by atoms with Crippen LogP contribution in [0.2, 0.25) is 10.0 Å². The third-order valence-electron chi connectivity index (χ3n) is 5.59. The lowest BCUT2D eigenvalue weighted by atomic mass is 9.95. The summed E-state index contributed by atoms with van der Waals surface area (Å²) in [6, 6.07) is 14.7. The van der Waals surface area contributed by atoms with Crippen molar-refractivity contribution in [3.05, 3.63) is 64.5 Å². The highest BCUT2D eigenvalue weighted by molar-refractivity contribution is 6.36. The molecule has 3 aromatic rings. The molecule has 1 amide bonds. The van der Waals surface area contributed by atoms with Gasteiger partial charge in [0.2, 0.25) is 17.6 Å². The van der Waals surface area contributed by atoms with E-state index in [1.165, 1.54) is 0 Å². The monoisotopic (exact) mass is 488 g/mol. The Hall–Kier alpha value is -2.61. The number of piperidine rings is 1. The van der Waals surface area contributed by atoms with Crippen LogP contribution in [-0.2, 0) is 11.3 Å². The van der Waals surface area contributed by atoms with Gasteiger partial charge in [-0.05, 0) is 63.2 Å². The summed E-state index contributed by atoms with van der Waals surface area (Å²) in [5, 5.41) is 8.14. The van der Waals surface area contributed by atoms with Crippen LogP contribution in [0.5, 0.6) is 5.75 Å². The second-order valence-electron chi connectivity index (χ2n) is 8.22. The molecule has 1 N–H and O–H groups in total. The highest BCUT2D eigenvalue weighted by atomic mass is 35.5. The predicted octanol–water partition coefficient (Wildman–Crippen LogP) is 4.84. The van der Waals surface area contributed by atoms with E-state index in [1.54, 1.807) is 18.2 Å². The van der Waals surface area contributed by atoms with Gasteiger partial charge in [0.15, 0.2) is 0 Å². The number of nitrogens with zero attached hydrogens (tertiary/aromatic N) is 3. The van der Waals surface area contributed by atoms with E-state index in [2.05, 4.69) is 20.4 Å². The van der Waals surface area contributed by atoms with Crippen LogP contribution < -0.4 is 10.1 Å². The van der Waals surface area contributed by atoms with Crippen molar-refractivity contribution in [1.82, 2.24) is 20.4 Å². The molecule has 1 aromatic heterocycles. The zero-order chi connectivity index (χ0) is 23.2. The number of likely N-dealkylation sites (tertiary alicyclic amines) is 1. The maximum absolute atomic E-state index is 12.7. The molecule has 0 radical (unpaired) electrons. The number of hydrogen-bond acceptors (Lipinski definition) is 6. The van der Waals surface area contributed by atoms with Crippen LogP contribution in [-0.4, -0.2) is 46.7 Å². The summed E-state index contributed by atoms with van der Waals surface area (Å²) in [5.74, 6) is 1.83. The molecule has 33 heavy (non-hydrogen) atoms. The van der Waals surface area contributed by atoms with Gasteiger partial charge in [-0.25, -0.2) is 0 Å². The smallest absolute Gasteiger partial charge is 0.241 e. The number of halogens is 2. The lowest BCUT2D eigenvalue weighted by Gasteiger charge is -2.30. The molecular formula is C24H26Cl2N4O3. The van der Waals surface area contributed by atoms with Crippen LogP contribution in [0.3, 0.4) is 0 Å². The van der Waals surface area contributed by atoms with Gasteiger partial charge < -0.3 is 14.6 Å². The number of para-hydroxylation sites is 1. The standard InChI is InChI=1S/C24H26Cl2N4O3/c1-16(15-32-19-5-3-2-4-6-19)27-24(31)17-9-11-30(12-10-17)14-22-28-23(29-33-22)20-8-7-18(25)13-21(20)26/h2-8,13,16-17H,9-12,14-15H2,1H3,(H,27,31). The minimum absolute atomic E-state index is 0.00783. The lowest BCUT2D eigenvalue weighted by molar-refractivity contribution is -0.127. The van der Waals surface area contributed by atoms with Gasteiger partial charge in [0.1, 0.15) is 12.4 Å². The molecule has 1 atom stereocenters. The summed E-state index contributed by atoms with van der Waals surface area (Å²) in [6.07, 6.45) is 1.56. The first-order chi connectivity index (χ1) is 16.0. The molecule has 0 aliphatic carbocycles. The van der Waals surface area contributed by atoms with Gasteiger partial charge in [0.25, 0.3) is 0 Å². The van der Waals surface area contributed by atoms with Crippen LogP contribution in [0.25, 0.3) is 11.4 Å². The van der Waals surface area contributed by atoms with Crippen molar-refractivity contribution >= 4 is 29.1 Å². The predicted molar refractivity (Wildman–Crippen MR) is 127 cm³/mol. The minimum atomic E-state index is -0.0627. The molecule has 0 bridgehead atoms. The fraction of sp³-hybridized carbons (Fsp3) is 0.375. The molecule has 1 unspecified atom stereocenters. The SMILES string of the molecule is CC(COc1ccccc1)NC(=O)C1CCN(Cc2nc(-c3ccc(Cl)cc3Cl)no2)CC1. The molecule has 0 saturated carbocycles. The van der Waals surface area contributed by atoms with Crippen LogP contribution in [0, 0.1) is 5.92 Å². The molecule has 1 fully saturated rings. The molecule has 0 spiro atoms. The maximum atomic E-state index is 12.7. The van der Waals surface area contributed by atoms with Crippen LogP contribution in [0.15, 0.2) is 53.1 Å². The number of benzene rings is 2. The number of amides is 1. The lowest BCUT2D eigenvalue weighted by Crippen LogP contribution is -2.44. The van der Waals surface area contributed by atoms with Gasteiger partial charge in [-0.15, -0.1) is 0 Å². The normalized spacial score (nSPS) is 15.8. The van der Waals surface area contributed by atoms with Gasteiger partial charge in [0, 0.05) is 16.5 Å². The summed E-state index contributed by atoms with van der Waals surface area (Å²) in [4.78, 5) is 19.3. The first-order valence-corrected chi connectivity index (χ1v) is 11.7. The van der Waals surface area contributed by atoms with Crippen molar-refractivity contribution in [2.24, 2.45) is 5.92 Å². The highest BCUT2D eigenvalue weighted by Crippen LogP contribution is 2.28. The van der Waals surface area contributed by atoms with E-state index in [0.717, 1.165) is 31.7 Å². The number of ether oxygens (including phenoxy) is 1. The van der Waals surface area contributed by atoms with E-state index < -0.39 is 0 Å². The van der Waals surface area contributed by atoms with Crippen LogP contribution in [0.4, 0.5) is 0 Å². The number of carbonyl (C=O) groups excluding carboxylic acids is 1. The van der Waals surface area contributed by atoms with Crippen molar-refractivity contribution in [3.8, 4) is 17.1 Å². The molecule has 174 valence electrons. The quantitative estimate of drug-likeness (QED) is 0.488. The van der Waals surface area contributed by atoms with E-state index in [1.807, 2.05) is 37.3 Å². The van der Waals surface area contributed by atoms with Crippen LogP contribution >= 0.6 is 23.2 Å². The van der Waals surface area contributed by atoms with Gasteiger partial charge >= 0.3 is 0 Å². The molecule has 2 aromatic carbocycles. The molecular weight excluding hydrogens is 463 g/mol. The van der Waals surface area contributed by atoms with E-state index in [9.17, 15) is 4.79 Å². The molecule has 2 heterocycles. The molecule has 9 heteroatoms. The Balaban J connectivity index is 1.22. The Morgan fingerprint density at radius 2 is 1.97 bits per heavy atom. The van der Waals surface area contributed by atoms with Crippen molar-refractivity contribution in [2.45, 2.75) is 32.4 Å². The van der Waals surface area contributed by atoms with Gasteiger partial charge in [-0.2, -0.15) is 4.98 Å². The summed E-state index contributed by atoms with van der Waals surface area (Å²) in [7, 11) is 0. The molecule has 1 aliphatic rings. The average Bonchev–Trinajstić information content (AvgIpc) is 3.27. The number of rotatable bonds is 8. The average molecular weight is 489 g/mol. The summed E-state index contributed by atoms with van der Waals surface area (Å²) in [6.45, 7) is 4.49. The van der Waals surface area contributed by atoms with E-state index in [0.29, 0.717) is 40.5 Å². The summed E-state index contributed by atoms with van der Waals surface area (Å²) >= 11 is 12.2.